The first-order valence-corrected chi connectivity index (χ1v) is 5.80. The van der Waals surface area contributed by atoms with Gasteiger partial charge in [0.05, 0.1) is 12.7 Å². The third-order valence-corrected chi connectivity index (χ3v) is 2.95. The van der Waals surface area contributed by atoms with Gasteiger partial charge in [0.25, 0.3) is 0 Å². The molecule has 1 aliphatic heterocycles. The molecule has 0 radical (unpaired) electrons. The molecule has 0 saturated carbocycles. The molecular weight excluding hydrogens is 205 g/mol. The second-order valence-electron chi connectivity index (χ2n) is 4.49. The molecule has 0 spiro atoms. The smallest absolute Gasteiger partial charge is 0.123 e. The molecule has 1 heterocycles. The van der Waals surface area contributed by atoms with Crippen LogP contribution in [0.3, 0.4) is 0 Å². The Kier molecular flexibility index (Phi) is 3.56. The van der Waals surface area contributed by atoms with Gasteiger partial charge in [0.15, 0.2) is 0 Å². The predicted molar refractivity (Wildman–Crippen MR) is 62.1 cm³/mol. The molecule has 1 aromatic rings. The minimum absolute atomic E-state index is 0.0122. The lowest BCUT2D eigenvalue weighted by molar-refractivity contribution is 0.0268. The molecule has 1 fully saturated rings. The molecule has 0 amide bonds. The van der Waals surface area contributed by atoms with Crippen LogP contribution in [0.5, 0.6) is 0 Å². The van der Waals surface area contributed by atoms with Gasteiger partial charge >= 0.3 is 0 Å². The molecule has 2 rings (SSSR count). The summed E-state index contributed by atoms with van der Waals surface area (Å²) in [5, 5.41) is 3.27. The number of benzene rings is 1. The Labute approximate surface area is 95.8 Å². The molecule has 1 unspecified atom stereocenters. The fraction of sp³-hybridized carbons (Fsp3) is 0.538. The molecule has 88 valence electrons. The monoisotopic (exact) mass is 223 g/mol. The van der Waals surface area contributed by atoms with Gasteiger partial charge in [-0.3, -0.25) is 0 Å². The van der Waals surface area contributed by atoms with Gasteiger partial charge in [-0.25, -0.2) is 4.39 Å². The first-order valence-electron chi connectivity index (χ1n) is 5.80. The summed E-state index contributed by atoms with van der Waals surface area (Å²) in [4.78, 5) is 0. The van der Waals surface area contributed by atoms with Crippen LogP contribution in [0.15, 0.2) is 18.2 Å². The minimum Gasteiger partial charge on any atom is -0.371 e. The summed E-state index contributed by atoms with van der Waals surface area (Å²) in [6, 6.07) is 5.00. The lowest BCUT2D eigenvalue weighted by Gasteiger charge is -2.26. The number of ether oxygens (including phenoxy) is 1. The zero-order valence-corrected chi connectivity index (χ0v) is 9.79. The summed E-state index contributed by atoms with van der Waals surface area (Å²) in [5.41, 5.74) is 2.16. The molecule has 1 aromatic carbocycles. The Balaban J connectivity index is 2.32. The average molecular weight is 223 g/mol. The maximum atomic E-state index is 13.3. The highest BCUT2D eigenvalue weighted by Crippen LogP contribution is 2.28. The summed E-state index contributed by atoms with van der Waals surface area (Å²) in [6.07, 6.45) is -0.0122. The van der Waals surface area contributed by atoms with Crippen molar-refractivity contribution in [2.24, 2.45) is 0 Å². The van der Waals surface area contributed by atoms with Crippen LogP contribution in [-0.4, -0.2) is 19.7 Å². The molecular formula is C13H18FNO. The van der Waals surface area contributed by atoms with Crippen molar-refractivity contribution in [1.82, 2.24) is 5.32 Å². The van der Waals surface area contributed by atoms with E-state index in [1.54, 1.807) is 6.07 Å². The molecule has 1 atom stereocenters. The fourth-order valence-corrected chi connectivity index (χ4v) is 2.12. The van der Waals surface area contributed by atoms with Crippen LogP contribution in [0, 0.1) is 5.82 Å². The fourth-order valence-electron chi connectivity index (χ4n) is 2.12. The van der Waals surface area contributed by atoms with Crippen LogP contribution in [0.1, 0.15) is 37.0 Å². The molecule has 2 nitrogen and oxygen atoms in total. The standard InChI is InChI=1S/C13H18FNO/c1-9(2)11-4-3-10(14)7-12(11)13-8-15-5-6-16-13/h3-4,7,9,13,15H,5-6,8H2,1-2H3. The minimum atomic E-state index is -0.187. The van der Waals surface area contributed by atoms with Crippen molar-refractivity contribution in [1.29, 1.82) is 0 Å². The SMILES string of the molecule is CC(C)c1ccc(F)cc1C1CNCCO1. The van der Waals surface area contributed by atoms with E-state index in [1.807, 2.05) is 6.07 Å². The van der Waals surface area contributed by atoms with Crippen molar-refractivity contribution in [2.75, 3.05) is 19.7 Å². The summed E-state index contributed by atoms with van der Waals surface area (Å²) in [6.45, 7) is 6.57. The van der Waals surface area contributed by atoms with Crippen LogP contribution in [0.2, 0.25) is 0 Å². The van der Waals surface area contributed by atoms with Crippen LogP contribution < -0.4 is 5.32 Å². The van der Waals surface area contributed by atoms with Crippen LogP contribution >= 0.6 is 0 Å². The first-order chi connectivity index (χ1) is 7.68. The topological polar surface area (TPSA) is 21.3 Å². The van der Waals surface area contributed by atoms with Crippen molar-refractivity contribution in [3.63, 3.8) is 0 Å². The van der Waals surface area contributed by atoms with Crippen molar-refractivity contribution in [2.45, 2.75) is 25.9 Å². The summed E-state index contributed by atoms with van der Waals surface area (Å²) in [5.74, 6) is 0.203. The van der Waals surface area contributed by atoms with Crippen LogP contribution in [-0.2, 0) is 4.74 Å². The number of halogens is 1. The van der Waals surface area contributed by atoms with E-state index in [-0.39, 0.29) is 11.9 Å². The van der Waals surface area contributed by atoms with E-state index in [0.717, 1.165) is 18.7 Å². The van der Waals surface area contributed by atoms with Gasteiger partial charge in [-0.15, -0.1) is 0 Å². The van der Waals surface area contributed by atoms with Gasteiger partial charge < -0.3 is 10.1 Å². The van der Waals surface area contributed by atoms with Gasteiger partial charge in [-0.05, 0) is 29.2 Å². The molecule has 16 heavy (non-hydrogen) atoms. The van der Waals surface area contributed by atoms with E-state index in [0.29, 0.717) is 12.5 Å². The maximum absolute atomic E-state index is 13.3. The Bertz CT molecular complexity index is 359. The van der Waals surface area contributed by atoms with E-state index in [2.05, 4.69) is 19.2 Å². The lowest BCUT2D eigenvalue weighted by Crippen LogP contribution is -2.33. The van der Waals surface area contributed by atoms with Crippen molar-refractivity contribution in [3.05, 3.63) is 35.1 Å². The normalized spacial score (nSPS) is 21.4. The summed E-state index contributed by atoms with van der Waals surface area (Å²) >= 11 is 0. The molecule has 0 bridgehead atoms. The Morgan fingerprint density at radius 1 is 1.44 bits per heavy atom. The van der Waals surface area contributed by atoms with Gasteiger partial charge in [0.1, 0.15) is 5.82 Å². The third kappa shape index (κ3) is 2.42. The molecule has 0 aliphatic carbocycles. The number of hydrogen-bond acceptors (Lipinski definition) is 2. The zero-order chi connectivity index (χ0) is 11.5. The summed E-state index contributed by atoms with van der Waals surface area (Å²) < 4.78 is 19.0. The zero-order valence-electron chi connectivity index (χ0n) is 9.79. The highest BCUT2D eigenvalue weighted by atomic mass is 19.1. The highest BCUT2D eigenvalue weighted by Gasteiger charge is 2.20. The summed E-state index contributed by atoms with van der Waals surface area (Å²) in [7, 11) is 0. The van der Waals surface area contributed by atoms with Crippen LogP contribution in [0.25, 0.3) is 0 Å². The van der Waals surface area contributed by atoms with Gasteiger partial charge in [-0.2, -0.15) is 0 Å². The number of morpholine rings is 1. The Morgan fingerprint density at radius 2 is 2.25 bits per heavy atom. The predicted octanol–water partition coefficient (Wildman–Crippen LogP) is 2.61. The molecule has 3 heteroatoms. The Hall–Kier alpha value is -0.930. The number of rotatable bonds is 2. The molecule has 0 aromatic heterocycles. The average Bonchev–Trinajstić information content (AvgIpc) is 2.29. The van der Waals surface area contributed by atoms with Gasteiger partial charge in [-0.1, -0.05) is 19.9 Å². The maximum Gasteiger partial charge on any atom is 0.123 e. The Morgan fingerprint density at radius 3 is 2.88 bits per heavy atom. The van der Waals surface area contributed by atoms with Crippen molar-refractivity contribution >= 4 is 0 Å². The second kappa shape index (κ2) is 4.93. The largest absolute Gasteiger partial charge is 0.371 e. The number of hydrogen-bond donors (Lipinski definition) is 1. The lowest BCUT2D eigenvalue weighted by atomic mass is 9.93. The second-order valence-corrected chi connectivity index (χ2v) is 4.49. The van der Waals surface area contributed by atoms with Gasteiger partial charge in [0, 0.05) is 13.1 Å². The van der Waals surface area contributed by atoms with Crippen LogP contribution in [0.4, 0.5) is 4.39 Å². The number of nitrogens with one attached hydrogen (secondary N) is 1. The van der Waals surface area contributed by atoms with Crippen molar-refractivity contribution < 1.29 is 9.13 Å². The van der Waals surface area contributed by atoms with E-state index in [4.69, 9.17) is 4.74 Å². The molecule has 1 aliphatic rings. The van der Waals surface area contributed by atoms with E-state index < -0.39 is 0 Å². The highest BCUT2D eigenvalue weighted by molar-refractivity contribution is 5.32. The first kappa shape index (κ1) is 11.6. The quantitative estimate of drug-likeness (QED) is 0.832. The third-order valence-electron chi connectivity index (χ3n) is 2.95. The van der Waals surface area contributed by atoms with Crippen molar-refractivity contribution in [3.8, 4) is 0 Å². The van der Waals surface area contributed by atoms with E-state index in [1.165, 1.54) is 11.6 Å². The van der Waals surface area contributed by atoms with Gasteiger partial charge in [0.2, 0.25) is 0 Å². The van der Waals surface area contributed by atoms with E-state index in [9.17, 15) is 4.39 Å². The van der Waals surface area contributed by atoms with E-state index >= 15 is 0 Å². The molecule has 1 N–H and O–H groups in total. The molecule has 1 saturated heterocycles.